The molecule has 34 heavy (non-hydrogen) atoms. The van der Waals surface area contributed by atoms with Gasteiger partial charge in [0.1, 0.15) is 5.75 Å². The van der Waals surface area contributed by atoms with Gasteiger partial charge in [0.15, 0.2) is 0 Å². The molecule has 2 amide bonds. The van der Waals surface area contributed by atoms with E-state index in [1.165, 1.54) is 31.9 Å². The predicted molar refractivity (Wildman–Crippen MR) is 134 cm³/mol. The van der Waals surface area contributed by atoms with Gasteiger partial charge in [-0.25, -0.2) is 10.2 Å². The summed E-state index contributed by atoms with van der Waals surface area (Å²) in [6.45, 7) is 2.07. The summed E-state index contributed by atoms with van der Waals surface area (Å²) in [4.78, 5) is 35.8. The van der Waals surface area contributed by atoms with Crippen LogP contribution in [0.2, 0.25) is 5.02 Å². The van der Waals surface area contributed by atoms with Crippen molar-refractivity contribution in [3.05, 3.63) is 64.7 Å². The van der Waals surface area contributed by atoms with E-state index < -0.39 is 11.9 Å². The first kappa shape index (κ1) is 27.1. The topological polar surface area (TPSA) is 96.9 Å². The second-order valence-electron chi connectivity index (χ2n) is 7.91. The fraction of sp³-hybridized carbons (Fsp3) is 0.385. The van der Waals surface area contributed by atoms with Crippen molar-refractivity contribution >= 4 is 35.6 Å². The zero-order chi connectivity index (χ0) is 24.6. The van der Waals surface area contributed by atoms with Crippen molar-refractivity contribution < 1.29 is 19.1 Å². The summed E-state index contributed by atoms with van der Waals surface area (Å²) in [7, 11) is 0. The van der Waals surface area contributed by atoms with E-state index >= 15 is 0 Å². The molecule has 0 saturated carbocycles. The van der Waals surface area contributed by atoms with Gasteiger partial charge in [-0.3, -0.25) is 9.59 Å². The molecule has 7 nitrogen and oxygen atoms in total. The molecule has 8 heteroatoms. The number of nitrogens with one attached hydrogen (secondary N) is 2. The third-order valence-corrected chi connectivity index (χ3v) is 5.28. The largest absolute Gasteiger partial charge is 0.423 e. The van der Waals surface area contributed by atoms with Gasteiger partial charge in [-0.2, -0.15) is 5.10 Å². The lowest BCUT2D eigenvalue weighted by Crippen LogP contribution is -2.34. The van der Waals surface area contributed by atoms with Gasteiger partial charge in [-0.1, -0.05) is 57.0 Å². The van der Waals surface area contributed by atoms with E-state index in [4.69, 9.17) is 16.3 Å². The number of carbonyl (C=O) groups is 3. The lowest BCUT2D eigenvalue weighted by Gasteiger charge is -2.05. The number of hydrogen-bond donors (Lipinski definition) is 2. The van der Waals surface area contributed by atoms with Crippen LogP contribution in [-0.4, -0.2) is 30.5 Å². The van der Waals surface area contributed by atoms with E-state index in [1.807, 2.05) is 0 Å². The van der Waals surface area contributed by atoms with Crippen molar-refractivity contribution in [1.29, 1.82) is 0 Å². The first-order chi connectivity index (χ1) is 16.5. The highest BCUT2D eigenvalue weighted by atomic mass is 35.5. The van der Waals surface area contributed by atoms with Gasteiger partial charge >= 0.3 is 5.97 Å². The Hall–Kier alpha value is -3.19. The maximum absolute atomic E-state index is 12.1. The molecule has 0 unspecified atom stereocenters. The molecular formula is C26H32ClN3O4. The molecule has 2 aromatic carbocycles. The molecule has 182 valence electrons. The molecule has 0 spiro atoms. The van der Waals surface area contributed by atoms with Crippen LogP contribution in [0.3, 0.4) is 0 Å². The fourth-order valence-corrected chi connectivity index (χ4v) is 3.23. The third-order valence-electron chi connectivity index (χ3n) is 5.03. The van der Waals surface area contributed by atoms with Gasteiger partial charge in [0.25, 0.3) is 5.91 Å². The number of nitrogens with zero attached hydrogens (tertiary/aromatic N) is 1. The fourth-order valence-electron chi connectivity index (χ4n) is 3.10. The first-order valence-corrected chi connectivity index (χ1v) is 12.0. The Morgan fingerprint density at radius 2 is 1.53 bits per heavy atom. The van der Waals surface area contributed by atoms with Crippen molar-refractivity contribution in [2.24, 2.45) is 5.10 Å². The summed E-state index contributed by atoms with van der Waals surface area (Å²) in [6, 6.07) is 13.1. The summed E-state index contributed by atoms with van der Waals surface area (Å²) in [5.74, 6) is -0.640. The quantitative estimate of drug-likeness (QED) is 0.125. The molecule has 0 heterocycles. The molecule has 2 aromatic rings. The predicted octanol–water partition coefficient (Wildman–Crippen LogP) is 5.27. The number of benzene rings is 2. The minimum Gasteiger partial charge on any atom is -0.423 e. The van der Waals surface area contributed by atoms with Crippen LogP contribution in [0.4, 0.5) is 0 Å². The average molecular weight is 486 g/mol. The number of hydrogen-bond acceptors (Lipinski definition) is 5. The van der Waals surface area contributed by atoms with Crippen LogP contribution in [0.5, 0.6) is 5.75 Å². The molecule has 0 atom stereocenters. The molecule has 2 N–H and O–H groups in total. The Bertz CT molecular complexity index is 944. The van der Waals surface area contributed by atoms with Crippen molar-refractivity contribution in [2.45, 2.75) is 58.3 Å². The van der Waals surface area contributed by atoms with Gasteiger partial charge in [0.05, 0.1) is 18.3 Å². The minimum atomic E-state index is -0.487. The lowest BCUT2D eigenvalue weighted by atomic mass is 10.1. The number of halogens is 1. The molecular weight excluding hydrogens is 454 g/mol. The number of carbonyl (C=O) groups excluding carboxylic acids is 3. The summed E-state index contributed by atoms with van der Waals surface area (Å²) >= 11 is 5.82. The Morgan fingerprint density at radius 1 is 0.882 bits per heavy atom. The smallest absolute Gasteiger partial charge is 0.343 e. The summed E-state index contributed by atoms with van der Waals surface area (Å²) < 4.78 is 5.31. The van der Waals surface area contributed by atoms with E-state index in [1.54, 1.807) is 48.5 Å². The molecule has 0 aliphatic rings. The van der Waals surface area contributed by atoms with Gasteiger partial charge in [0, 0.05) is 11.4 Å². The summed E-state index contributed by atoms with van der Waals surface area (Å²) in [6.07, 6.45) is 9.87. The molecule has 0 aliphatic carbocycles. The first-order valence-electron chi connectivity index (χ1n) is 11.6. The number of ether oxygens (including phenoxy) is 1. The molecule has 2 rings (SSSR count). The van der Waals surface area contributed by atoms with E-state index in [-0.39, 0.29) is 12.5 Å². The van der Waals surface area contributed by atoms with Crippen LogP contribution >= 0.6 is 11.6 Å². The molecule has 0 saturated heterocycles. The number of rotatable bonds is 14. The van der Waals surface area contributed by atoms with Crippen LogP contribution in [0, 0.1) is 0 Å². The van der Waals surface area contributed by atoms with Crippen LogP contribution < -0.4 is 15.5 Å². The van der Waals surface area contributed by atoms with Crippen LogP contribution in [0.15, 0.2) is 53.6 Å². The molecule has 0 bridgehead atoms. The maximum Gasteiger partial charge on any atom is 0.343 e. The van der Waals surface area contributed by atoms with Crippen molar-refractivity contribution in [3.63, 3.8) is 0 Å². The Labute approximate surface area is 205 Å². The second-order valence-corrected chi connectivity index (χ2v) is 8.34. The Kier molecular flexibility index (Phi) is 12.4. The lowest BCUT2D eigenvalue weighted by molar-refractivity contribution is -0.126. The zero-order valence-electron chi connectivity index (χ0n) is 19.5. The van der Waals surface area contributed by atoms with Crippen molar-refractivity contribution in [1.82, 2.24) is 10.7 Å². The SMILES string of the molecule is CCCCCCCCCC(=O)NCC(=O)N/N=C\c1ccc(OC(=O)c2ccc(Cl)cc2)cc1. The minimum absolute atomic E-state index is 0.119. The number of esters is 1. The molecule has 0 radical (unpaired) electrons. The third kappa shape index (κ3) is 11.1. The maximum atomic E-state index is 12.1. The van der Waals surface area contributed by atoms with Gasteiger partial charge in [-0.15, -0.1) is 0 Å². The van der Waals surface area contributed by atoms with E-state index in [0.29, 0.717) is 28.3 Å². The highest BCUT2D eigenvalue weighted by Gasteiger charge is 2.08. The van der Waals surface area contributed by atoms with E-state index in [2.05, 4.69) is 22.8 Å². The highest BCUT2D eigenvalue weighted by molar-refractivity contribution is 6.30. The standard InChI is InChI=1S/C26H32ClN3O4/c1-2-3-4-5-6-7-8-9-24(31)28-19-25(32)30-29-18-20-10-16-23(17-11-20)34-26(33)21-12-14-22(27)15-13-21/h10-18H,2-9,19H2,1H3,(H,28,31)(H,30,32)/b29-18-. The Morgan fingerprint density at radius 3 is 2.21 bits per heavy atom. The highest BCUT2D eigenvalue weighted by Crippen LogP contribution is 2.15. The average Bonchev–Trinajstić information content (AvgIpc) is 2.83. The number of unbranched alkanes of at least 4 members (excludes halogenated alkanes) is 6. The number of amides is 2. The van der Waals surface area contributed by atoms with Crippen molar-refractivity contribution in [3.8, 4) is 5.75 Å². The van der Waals surface area contributed by atoms with Gasteiger partial charge < -0.3 is 10.1 Å². The molecule has 0 aromatic heterocycles. The molecule has 0 aliphatic heterocycles. The van der Waals surface area contributed by atoms with Gasteiger partial charge in [-0.05, 0) is 60.5 Å². The normalized spacial score (nSPS) is 10.8. The summed E-state index contributed by atoms with van der Waals surface area (Å²) in [5, 5.41) is 7.02. The zero-order valence-corrected chi connectivity index (χ0v) is 20.3. The number of hydrazone groups is 1. The second kappa shape index (κ2) is 15.6. The monoisotopic (exact) mass is 485 g/mol. The molecule has 0 fully saturated rings. The van der Waals surface area contributed by atoms with Crippen molar-refractivity contribution in [2.75, 3.05) is 6.54 Å². The Balaban J connectivity index is 1.63. The van der Waals surface area contributed by atoms with E-state index in [9.17, 15) is 14.4 Å². The summed E-state index contributed by atoms with van der Waals surface area (Å²) in [5.41, 5.74) is 3.47. The van der Waals surface area contributed by atoms with E-state index in [0.717, 1.165) is 19.3 Å². The van der Waals surface area contributed by atoms with Gasteiger partial charge in [0.2, 0.25) is 5.91 Å². The van der Waals surface area contributed by atoms with Crippen LogP contribution in [-0.2, 0) is 9.59 Å². The van der Waals surface area contributed by atoms with Crippen LogP contribution in [0.1, 0.15) is 74.2 Å². The van der Waals surface area contributed by atoms with Crippen LogP contribution in [0.25, 0.3) is 0 Å².